The van der Waals surface area contributed by atoms with Crippen LogP contribution < -0.4 is 10.2 Å². The minimum absolute atomic E-state index is 0.0757. The highest BCUT2D eigenvalue weighted by atomic mass is 16.3. The van der Waals surface area contributed by atoms with Gasteiger partial charge in [-0.2, -0.15) is 5.26 Å². The molecule has 5 nitrogen and oxygen atoms in total. The van der Waals surface area contributed by atoms with Crippen molar-refractivity contribution in [3.63, 3.8) is 0 Å². The van der Waals surface area contributed by atoms with Gasteiger partial charge in [-0.15, -0.1) is 0 Å². The fourth-order valence-corrected chi connectivity index (χ4v) is 1.92. The third-order valence-corrected chi connectivity index (χ3v) is 2.97. The van der Waals surface area contributed by atoms with E-state index in [0.717, 1.165) is 6.42 Å². The number of hydrogen-bond acceptors (Lipinski definition) is 4. The van der Waals surface area contributed by atoms with Crippen LogP contribution in [0.5, 0.6) is 0 Å². The van der Waals surface area contributed by atoms with Gasteiger partial charge < -0.3 is 15.3 Å². The molecule has 1 amide bonds. The summed E-state index contributed by atoms with van der Waals surface area (Å²) in [4.78, 5) is 13.5. The number of nitrogens with one attached hydrogen (secondary N) is 1. The molecule has 1 atom stereocenters. The van der Waals surface area contributed by atoms with Crippen LogP contribution >= 0.6 is 0 Å². The molecule has 0 unspecified atom stereocenters. The van der Waals surface area contributed by atoms with Gasteiger partial charge in [-0.1, -0.05) is 13.0 Å². The molecule has 108 valence electrons. The summed E-state index contributed by atoms with van der Waals surface area (Å²) in [6.07, 6.45) is 0.233. The maximum atomic E-state index is 11.7. The number of aliphatic hydroxyl groups is 1. The maximum Gasteiger partial charge on any atom is 0.239 e. The van der Waals surface area contributed by atoms with Gasteiger partial charge in [-0.25, -0.2) is 0 Å². The summed E-state index contributed by atoms with van der Waals surface area (Å²) in [5.74, 6) is -0.0757. The number of benzene rings is 1. The van der Waals surface area contributed by atoms with Crippen LogP contribution in [0.3, 0.4) is 0 Å². The zero-order chi connectivity index (χ0) is 15.1. The Bertz CT molecular complexity index is 506. The maximum absolute atomic E-state index is 11.7. The van der Waals surface area contributed by atoms with Crippen LogP contribution in [0.4, 0.5) is 5.69 Å². The molecule has 1 aromatic rings. The smallest absolute Gasteiger partial charge is 0.239 e. The van der Waals surface area contributed by atoms with Gasteiger partial charge >= 0.3 is 0 Å². The quantitative estimate of drug-likeness (QED) is 0.826. The van der Waals surface area contributed by atoms with Gasteiger partial charge in [0.2, 0.25) is 5.91 Å². The summed E-state index contributed by atoms with van der Waals surface area (Å²) in [5, 5.41) is 21.5. The zero-order valence-corrected chi connectivity index (χ0v) is 12.2. The Hall–Kier alpha value is -2.06. The van der Waals surface area contributed by atoms with Crippen LogP contribution in [0.2, 0.25) is 0 Å². The molecule has 20 heavy (non-hydrogen) atoms. The molecule has 0 aliphatic heterocycles. The van der Waals surface area contributed by atoms with E-state index in [2.05, 4.69) is 11.4 Å². The van der Waals surface area contributed by atoms with Gasteiger partial charge in [-0.05, 0) is 25.5 Å². The molecule has 0 saturated carbocycles. The number of nitriles is 1. The van der Waals surface area contributed by atoms with E-state index in [1.807, 2.05) is 6.92 Å². The second kappa shape index (κ2) is 7.51. The van der Waals surface area contributed by atoms with E-state index in [4.69, 9.17) is 5.26 Å². The van der Waals surface area contributed by atoms with Gasteiger partial charge in [0.25, 0.3) is 0 Å². The fraction of sp³-hybridized carbons (Fsp3) is 0.467. The number of aliphatic hydroxyl groups excluding tert-OH is 1. The topological polar surface area (TPSA) is 76.4 Å². The van der Waals surface area contributed by atoms with Crippen LogP contribution in [0, 0.1) is 11.3 Å². The van der Waals surface area contributed by atoms with Crippen LogP contribution in [-0.4, -0.2) is 31.2 Å². The lowest BCUT2D eigenvalue weighted by Gasteiger charge is -2.23. The molecule has 0 aliphatic carbocycles. The van der Waals surface area contributed by atoms with E-state index in [-0.39, 0.29) is 12.5 Å². The summed E-state index contributed by atoms with van der Waals surface area (Å²) in [7, 11) is 1.77. The number of nitrogens with zero attached hydrogens (tertiary/aromatic N) is 2. The first kappa shape index (κ1) is 16.0. The molecule has 1 rings (SSSR count). The molecule has 2 N–H and O–H groups in total. The van der Waals surface area contributed by atoms with E-state index < -0.39 is 6.10 Å². The monoisotopic (exact) mass is 275 g/mol. The van der Waals surface area contributed by atoms with Crippen LogP contribution in [0.25, 0.3) is 0 Å². The third-order valence-electron chi connectivity index (χ3n) is 2.97. The van der Waals surface area contributed by atoms with Gasteiger partial charge in [0.05, 0.1) is 24.3 Å². The van der Waals surface area contributed by atoms with Crippen molar-refractivity contribution in [3.05, 3.63) is 29.3 Å². The number of anilines is 1. The molecular weight excluding hydrogens is 254 g/mol. The van der Waals surface area contributed by atoms with E-state index in [0.29, 0.717) is 23.4 Å². The normalized spacial score (nSPS) is 11.6. The van der Waals surface area contributed by atoms with E-state index in [1.165, 1.54) is 0 Å². The summed E-state index contributed by atoms with van der Waals surface area (Å²) < 4.78 is 0. The lowest BCUT2D eigenvalue weighted by molar-refractivity contribution is -0.119. The fourth-order valence-electron chi connectivity index (χ4n) is 1.92. The highest BCUT2D eigenvalue weighted by Crippen LogP contribution is 2.26. The van der Waals surface area contributed by atoms with Crippen LogP contribution in [0.15, 0.2) is 18.2 Å². The number of likely N-dealkylation sites (N-methyl/N-ethyl adjacent to an activating group) is 1. The van der Waals surface area contributed by atoms with Crippen molar-refractivity contribution in [1.82, 2.24) is 5.32 Å². The van der Waals surface area contributed by atoms with Crippen molar-refractivity contribution in [2.24, 2.45) is 0 Å². The first-order chi connectivity index (χ1) is 9.49. The molecule has 0 aliphatic rings. The summed E-state index contributed by atoms with van der Waals surface area (Å²) in [6.45, 7) is 4.49. The van der Waals surface area contributed by atoms with Crippen molar-refractivity contribution in [3.8, 4) is 6.07 Å². The molecule has 0 fully saturated rings. The standard InChI is InChI=1S/C15H21N3O2/c1-4-7-17-15(20)10-18(3)14-8-12(9-16)5-6-13(14)11(2)19/h5-6,8,11,19H,4,7,10H2,1-3H3,(H,17,20)/t11-/m0/s1. The van der Waals surface area contributed by atoms with Crippen LogP contribution in [-0.2, 0) is 4.79 Å². The largest absolute Gasteiger partial charge is 0.389 e. The van der Waals surface area contributed by atoms with Crippen LogP contribution in [0.1, 0.15) is 37.5 Å². The Labute approximate surface area is 119 Å². The summed E-state index contributed by atoms with van der Waals surface area (Å²) in [5.41, 5.74) is 1.91. The second-order valence-corrected chi connectivity index (χ2v) is 4.77. The van der Waals surface area contributed by atoms with Crippen molar-refractivity contribution >= 4 is 11.6 Å². The Morgan fingerprint density at radius 2 is 2.25 bits per heavy atom. The van der Waals surface area contributed by atoms with Gasteiger partial charge in [0, 0.05) is 24.8 Å². The predicted octanol–water partition coefficient (Wildman–Crippen LogP) is 1.57. The third kappa shape index (κ3) is 4.25. The highest BCUT2D eigenvalue weighted by Gasteiger charge is 2.14. The number of carbonyl (C=O) groups is 1. The summed E-state index contributed by atoms with van der Waals surface area (Å²) in [6, 6.07) is 7.14. The van der Waals surface area contributed by atoms with Crippen molar-refractivity contribution in [1.29, 1.82) is 5.26 Å². The van der Waals surface area contributed by atoms with Gasteiger partial charge in [0.15, 0.2) is 0 Å². The Morgan fingerprint density at radius 3 is 2.80 bits per heavy atom. The van der Waals surface area contributed by atoms with Crippen molar-refractivity contribution in [2.45, 2.75) is 26.4 Å². The minimum atomic E-state index is -0.654. The van der Waals surface area contributed by atoms with E-state index in [9.17, 15) is 9.90 Å². The Kier molecular flexibility index (Phi) is 6.01. The SMILES string of the molecule is CCCNC(=O)CN(C)c1cc(C#N)ccc1[C@H](C)O. The van der Waals surface area contributed by atoms with Gasteiger partial charge in [-0.3, -0.25) is 4.79 Å². The number of rotatable bonds is 6. The molecule has 0 heterocycles. The first-order valence-electron chi connectivity index (χ1n) is 6.69. The van der Waals surface area contributed by atoms with Crippen molar-refractivity contribution in [2.75, 3.05) is 25.0 Å². The van der Waals surface area contributed by atoms with Gasteiger partial charge in [0.1, 0.15) is 0 Å². The predicted molar refractivity (Wildman–Crippen MR) is 78.4 cm³/mol. The average molecular weight is 275 g/mol. The Balaban J connectivity index is 2.92. The lowest BCUT2D eigenvalue weighted by atomic mass is 10.0. The first-order valence-corrected chi connectivity index (χ1v) is 6.69. The van der Waals surface area contributed by atoms with Crippen molar-refractivity contribution < 1.29 is 9.90 Å². The molecule has 0 spiro atoms. The summed E-state index contributed by atoms with van der Waals surface area (Å²) >= 11 is 0. The Morgan fingerprint density at radius 1 is 1.55 bits per heavy atom. The number of amides is 1. The molecule has 0 aromatic heterocycles. The molecule has 0 radical (unpaired) electrons. The minimum Gasteiger partial charge on any atom is -0.389 e. The van der Waals surface area contributed by atoms with E-state index >= 15 is 0 Å². The lowest BCUT2D eigenvalue weighted by Crippen LogP contribution is -2.36. The zero-order valence-electron chi connectivity index (χ0n) is 12.2. The molecule has 0 saturated heterocycles. The molecule has 0 bridgehead atoms. The number of carbonyl (C=O) groups excluding carboxylic acids is 1. The highest BCUT2D eigenvalue weighted by molar-refractivity contribution is 5.81. The molecular formula is C15H21N3O2. The molecule has 1 aromatic carbocycles. The second-order valence-electron chi connectivity index (χ2n) is 4.77. The van der Waals surface area contributed by atoms with E-state index in [1.54, 1.807) is 37.1 Å². The molecule has 5 heteroatoms. The number of hydrogen-bond donors (Lipinski definition) is 2. The average Bonchev–Trinajstić information content (AvgIpc) is 2.44.